The van der Waals surface area contributed by atoms with Crippen LogP contribution in [-0.4, -0.2) is 43.7 Å². The molecule has 4 fully saturated rings. The molecule has 4 unspecified atom stereocenters. The number of rotatable bonds is 4. The average molecular weight is 709 g/mol. The van der Waals surface area contributed by atoms with Gasteiger partial charge in [-0.25, -0.2) is 4.79 Å². The fourth-order valence-electron chi connectivity index (χ4n) is 12.1. The lowest BCUT2D eigenvalue weighted by Crippen LogP contribution is -2.65. The van der Waals surface area contributed by atoms with E-state index in [0.29, 0.717) is 38.9 Å². The van der Waals surface area contributed by atoms with E-state index in [2.05, 4.69) is 92.7 Å². The summed E-state index contributed by atoms with van der Waals surface area (Å²) in [7, 11) is 2.40. The molecule has 6 rings (SSSR count). The van der Waals surface area contributed by atoms with Gasteiger partial charge in [-0.2, -0.15) is 0 Å². The Morgan fingerprint density at radius 3 is 2.00 bits per heavy atom. The van der Waals surface area contributed by atoms with Gasteiger partial charge in [0.15, 0.2) is 0 Å². The van der Waals surface area contributed by atoms with Crippen LogP contribution in [0, 0.1) is 50.7 Å². The fraction of sp³-hybridized carbons (Fsp3) is 0.733. The van der Waals surface area contributed by atoms with Crippen molar-refractivity contribution >= 4 is 28.1 Å². The predicted octanol–water partition coefficient (Wildman–Crippen LogP) is 12.1. The van der Waals surface area contributed by atoms with E-state index in [0.717, 1.165) is 25.2 Å². The molecular formula is C45H72O4S. The lowest BCUT2D eigenvalue weighted by Gasteiger charge is -2.72. The van der Waals surface area contributed by atoms with Gasteiger partial charge in [0, 0.05) is 17.3 Å². The Bertz CT molecular complexity index is 1420. The van der Waals surface area contributed by atoms with Crippen molar-refractivity contribution in [2.45, 2.75) is 131 Å². The summed E-state index contributed by atoms with van der Waals surface area (Å²) in [5.74, 6) is 2.41. The van der Waals surface area contributed by atoms with Crippen LogP contribution in [0.15, 0.2) is 43.0 Å². The van der Waals surface area contributed by atoms with E-state index in [-0.39, 0.29) is 22.2 Å². The van der Waals surface area contributed by atoms with Gasteiger partial charge < -0.3 is 13.7 Å². The zero-order valence-electron chi connectivity index (χ0n) is 34.2. The summed E-state index contributed by atoms with van der Waals surface area (Å²) in [5.41, 5.74) is 4.32. The highest BCUT2D eigenvalue weighted by Crippen LogP contribution is 2.76. The Morgan fingerprint density at radius 1 is 0.860 bits per heavy atom. The van der Waals surface area contributed by atoms with Crippen LogP contribution in [0.25, 0.3) is 5.57 Å². The van der Waals surface area contributed by atoms with E-state index in [4.69, 9.17) is 8.92 Å². The van der Waals surface area contributed by atoms with Crippen LogP contribution in [0.2, 0.25) is 0 Å². The Morgan fingerprint density at radius 2 is 1.48 bits per heavy atom. The first-order valence-corrected chi connectivity index (χ1v) is 21.8. The number of aldehydes is 1. The number of hydrogen-bond acceptors (Lipinski definition) is 4. The van der Waals surface area contributed by atoms with Gasteiger partial charge >= 0.3 is 5.97 Å². The number of methoxy groups -OCH3 is 1. The molecule has 8 atom stereocenters. The molecule has 5 aliphatic carbocycles. The summed E-state index contributed by atoms with van der Waals surface area (Å²) in [4.78, 5) is 24.4. The van der Waals surface area contributed by atoms with Crippen LogP contribution in [0.1, 0.15) is 142 Å². The molecule has 4 nitrogen and oxygen atoms in total. The minimum absolute atomic E-state index is 0.0115. The van der Waals surface area contributed by atoms with Crippen molar-refractivity contribution in [3.05, 3.63) is 54.1 Å². The summed E-state index contributed by atoms with van der Waals surface area (Å²) < 4.78 is 10.6. The Balaban J connectivity index is 0.000000405. The monoisotopic (exact) mass is 709 g/mol. The smallest absolute Gasteiger partial charge is 0.337 e. The van der Waals surface area contributed by atoms with E-state index in [9.17, 15) is 9.59 Å². The van der Waals surface area contributed by atoms with Gasteiger partial charge in [-0.1, -0.05) is 86.1 Å². The van der Waals surface area contributed by atoms with Gasteiger partial charge in [0.2, 0.25) is 0 Å². The average Bonchev–Trinajstić information content (AvgIpc) is 3.49. The number of hydrogen-bond donors (Lipinski definition) is 0. The molecule has 5 aliphatic rings. The highest BCUT2D eigenvalue weighted by molar-refractivity contribution is 8.29. The van der Waals surface area contributed by atoms with Gasteiger partial charge in [0.05, 0.1) is 12.7 Å². The molecule has 0 bridgehead atoms. The second-order valence-corrected chi connectivity index (χ2v) is 23.1. The molecule has 0 aliphatic heterocycles. The molecule has 0 radical (unpaired) electrons. The normalized spacial score (nSPS) is 37.3. The lowest BCUT2D eigenvalue weighted by molar-refractivity contribution is -0.220. The van der Waals surface area contributed by atoms with E-state index in [1.807, 2.05) is 19.1 Å². The van der Waals surface area contributed by atoms with Gasteiger partial charge in [-0.05, 0) is 146 Å². The van der Waals surface area contributed by atoms with Crippen LogP contribution in [0.4, 0.5) is 0 Å². The van der Waals surface area contributed by atoms with Gasteiger partial charge in [0.25, 0.3) is 0 Å². The van der Waals surface area contributed by atoms with Crippen LogP contribution in [0.3, 0.4) is 0 Å². The molecule has 0 N–H and O–H groups in total. The maximum Gasteiger partial charge on any atom is 0.337 e. The first-order valence-electron chi connectivity index (χ1n) is 19.4. The minimum atomic E-state index is -0.836. The second-order valence-electron chi connectivity index (χ2n) is 19.1. The number of allylic oxidation sites excluding steroid dienone is 3. The van der Waals surface area contributed by atoms with Crippen LogP contribution < -0.4 is 0 Å². The molecule has 5 heteroatoms. The third-order valence-electron chi connectivity index (χ3n) is 15.7. The standard InChI is InChI=1S/C35H48O3.C7H18OS.C3H6/c1-31(2)25(23-9-11-24(12-10-23)30(37)38-6)15-18-32(3)28(31)16-19-34(5)29(32)14-13-26-27-8-7-17-35(27,22-36)21-20-33(26,34)4;1-7(2,3)9(5,6)8-4;1-3-2/h9-12,15,22,26-29H,7-8,13-14,16-21H2,1-6H3;1-6H3;3H,1H2,2H3/t26?,27-,28+,29-,32?,33-,34?,35?;;/m1../s1. The number of fused-ring (bicyclic) bond motifs is 7. The molecule has 0 amide bonds. The maximum absolute atomic E-state index is 12.4. The molecule has 0 heterocycles. The number of esters is 1. The lowest BCUT2D eigenvalue weighted by atomic mass is 9.33. The summed E-state index contributed by atoms with van der Waals surface area (Å²) >= 11 is 0. The van der Waals surface area contributed by atoms with E-state index in [1.54, 1.807) is 13.2 Å². The van der Waals surface area contributed by atoms with Crippen molar-refractivity contribution < 1.29 is 18.5 Å². The molecule has 0 saturated heterocycles. The molecule has 0 spiro atoms. The highest BCUT2D eigenvalue weighted by atomic mass is 32.3. The summed E-state index contributed by atoms with van der Waals surface area (Å²) in [6.07, 6.45) is 22.4. The Hall–Kier alpha value is -1.85. The molecule has 282 valence electrons. The van der Waals surface area contributed by atoms with E-state index >= 15 is 0 Å². The number of carbonyl (C=O) groups excluding carboxylic acids is 2. The van der Waals surface area contributed by atoms with Crippen molar-refractivity contribution in [2.24, 2.45) is 50.7 Å². The Kier molecular flexibility index (Phi) is 11.9. The fourth-order valence-corrected chi connectivity index (χ4v) is 12.6. The third kappa shape index (κ3) is 6.63. The predicted molar refractivity (Wildman–Crippen MR) is 215 cm³/mol. The number of ether oxygens (including phenoxy) is 1. The molecule has 0 aromatic heterocycles. The molecule has 50 heavy (non-hydrogen) atoms. The molecule has 1 aromatic rings. The molecular weight excluding hydrogens is 637 g/mol. The Labute approximate surface area is 308 Å². The third-order valence-corrected chi connectivity index (χ3v) is 19.5. The minimum Gasteiger partial charge on any atom is -0.465 e. The summed E-state index contributed by atoms with van der Waals surface area (Å²) in [5, 5.41) is 0. The maximum atomic E-state index is 12.4. The van der Waals surface area contributed by atoms with Crippen LogP contribution in [0.5, 0.6) is 0 Å². The first kappa shape index (κ1) is 40.9. The highest BCUT2D eigenvalue weighted by Gasteiger charge is 2.69. The van der Waals surface area contributed by atoms with Crippen molar-refractivity contribution in [1.29, 1.82) is 0 Å². The summed E-state index contributed by atoms with van der Waals surface area (Å²) in [6.45, 7) is 24.8. The molecule has 4 saturated carbocycles. The van der Waals surface area contributed by atoms with Crippen molar-refractivity contribution in [2.75, 3.05) is 26.7 Å². The summed E-state index contributed by atoms with van der Waals surface area (Å²) in [6, 6.07) is 8.06. The quantitative estimate of drug-likeness (QED) is 0.177. The topological polar surface area (TPSA) is 52.6 Å². The first-order chi connectivity index (χ1) is 23.2. The van der Waals surface area contributed by atoms with Gasteiger partial charge in [0.1, 0.15) is 6.29 Å². The number of benzene rings is 1. The number of carbonyl (C=O) groups is 2. The van der Waals surface area contributed by atoms with E-state index < -0.39 is 10.3 Å². The van der Waals surface area contributed by atoms with Crippen molar-refractivity contribution in [3.63, 3.8) is 0 Å². The van der Waals surface area contributed by atoms with Gasteiger partial charge in [-0.15, -0.1) is 16.9 Å². The van der Waals surface area contributed by atoms with E-state index in [1.165, 1.54) is 69.5 Å². The van der Waals surface area contributed by atoms with Crippen molar-refractivity contribution in [1.82, 2.24) is 0 Å². The molecule has 1 aromatic carbocycles. The SMILES string of the molecule is C=CC.COC(=O)c1ccc(C2=CCC3(C)[C@H]4CCC5[C@H]6CCCC6(C=O)CC[C@@]5(C)C4(C)CC[C@H]3C2(C)C)cc1.COS(C)(C)C(C)(C)C. The van der Waals surface area contributed by atoms with Gasteiger partial charge in [-0.3, -0.25) is 0 Å². The zero-order chi connectivity index (χ0) is 37.6. The largest absolute Gasteiger partial charge is 0.465 e. The second kappa shape index (κ2) is 14.5. The van der Waals surface area contributed by atoms with Crippen LogP contribution >= 0.6 is 10.3 Å². The zero-order valence-corrected chi connectivity index (χ0v) is 35.0. The van der Waals surface area contributed by atoms with Crippen molar-refractivity contribution in [3.8, 4) is 0 Å². The van der Waals surface area contributed by atoms with Crippen LogP contribution in [-0.2, 0) is 13.7 Å².